The standard InChI is InChI=1S/C16H21ClN2O/c1-20-10-9-19-15-8-7-13(17)11-14(15)18-16(19)12-5-3-2-4-6-12/h7-8,11-12H,2-6,9-10H2,1H3. The van der Waals surface area contributed by atoms with E-state index >= 15 is 0 Å². The lowest BCUT2D eigenvalue weighted by atomic mass is 9.88. The number of imidazole rings is 1. The number of aromatic nitrogens is 2. The molecule has 4 heteroatoms. The summed E-state index contributed by atoms with van der Waals surface area (Å²) in [6.07, 6.45) is 6.51. The number of nitrogens with zero attached hydrogens (tertiary/aromatic N) is 2. The Balaban J connectivity index is 2.03. The molecule has 1 fully saturated rings. The van der Waals surface area contributed by atoms with E-state index in [-0.39, 0.29) is 0 Å². The normalized spacial score (nSPS) is 16.9. The molecule has 108 valence electrons. The summed E-state index contributed by atoms with van der Waals surface area (Å²) in [5.74, 6) is 1.81. The number of rotatable bonds is 4. The molecule has 0 N–H and O–H groups in total. The number of fused-ring (bicyclic) bond motifs is 1. The van der Waals surface area contributed by atoms with Crippen LogP contribution in [-0.2, 0) is 11.3 Å². The molecule has 2 aromatic rings. The van der Waals surface area contributed by atoms with Crippen LogP contribution in [0.1, 0.15) is 43.8 Å². The molecule has 3 rings (SSSR count). The first-order valence-corrected chi connectivity index (χ1v) is 7.82. The number of hydrogen-bond acceptors (Lipinski definition) is 2. The van der Waals surface area contributed by atoms with E-state index in [1.807, 2.05) is 12.1 Å². The summed E-state index contributed by atoms with van der Waals surface area (Å²) in [6, 6.07) is 5.98. The third-order valence-electron chi connectivity index (χ3n) is 4.23. The maximum Gasteiger partial charge on any atom is 0.113 e. The third kappa shape index (κ3) is 2.70. The van der Waals surface area contributed by atoms with Crippen molar-refractivity contribution in [2.45, 2.75) is 44.6 Å². The molecular formula is C16H21ClN2O. The first-order valence-electron chi connectivity index (χ1n) is 7.44. The molecule has 0 saturated heterocycles. The second-order valence-electron chi connectivity index (χ2n) is 5.58. The molecule has 1 saturated carbocycles. The summed E-state index contributed by atoms with van der Waals surface area (Å²) in [5, 5.41) is 0.754. The smallest absolute Gasteiger partial charge is 0.113 e. The first-order chi connectivity index (χ1) is 9.79. The minimum Gasteiger partial charge on any atom is -0.383 e. The van der Waals surface area contributed by atoms with Crippen LogP contribution < -0.4 is 0 Å². The Morgan fingerprint density at radius 2 is 2.10 bits per heavy atom. The molecule has 1 aliphatic rings. The molecule has 0 spiro atoms. The van der Waals surface area contributed by atoms with Crippen molar-refractivity contribution in [1.82, 2.24) is 9.55 Å². The first kappa shape index (κ1) is 13.9. The van der Waals surface area contributed by atoms with Gasteiger partial charge >= 0.3 is 0 Å². The highest BCUT2D eigenvalue weighted by Gasteiger charge is 2.22. The minimum atomic E-state index is 0.590. The predicted molar refractivity (Wildman–Crippen MR) is 82.4 cm³/mol. The van der Waals surface area contributed by atoms with E-state index in [0.717, 1.165) is 17.1 Å². The van der Waals surface area contributed by atoms with Crippen LogP contribution in [0.5, 0.6) is 0 Å². The summed E-state index contributed by atoms with van der Waals surface area (Å²) in [4.78, 5) is 4.87. The fourth-order valence-electron chi connectivity index (χ4n) is 3.21. The monoisotopic (exact) mass is 292 g/mol. The van der Waals surface area contributed by atoms with E-state index in [1.165, 1.54) is 43.4 Å². The molecule has 0 radical (unpaired) electrons. The Morgan fingerprint density at radius 1 is 1.30 bits per heavy atom. The van der Waals surface area contributed by atoms with E-state index in [4.69, 9.17) is 21.3 Å². The zero-order valence-electron chi connectivity index (χ0n) is 11.9. The van der Waals surface area contributed by atoms with Crippen molar-refractivity contribution in [3.05, 3.63) is 29.0 Å². The van der Waals surface area contributed by atoms with Gasteiger partial charge in [-0.3, -0.25) is 0 Å². The molecule has 3 nitrogen and oxygen atoms in total. The Labute approximate surface area is 124 Å². The Bertz CT molecular complexity index is 587. The van der Waals surface area contributed by atoms with Crippen LogP contribution in [0.15, 0.2) is 18.2 Å². The summed E-state index contributed by atoms with van der Waals surface area (Å²) >= 11 is 6.10. The van der Waals surface area contributed by atoms with Gasteiger partial charge in [0.05, 0.1) is 17.6 Å². The molecule has 1 aliphatic carbocycles. The molecule has 0 atom stereocenters. The summed E-state index contributed by atoms with van der Waals surface area (Å²) in [5.41, 5.74) is 2.18. The van der Waals surface area contributed by atoms with Crippen molar-refractivity contribution in [3.63, 3.8) is 0 Å². The van der Waals surface area contributed by atoms with Crippen molar-refractivity contribution < 1.29 is 4.74 Å². The van der Waals surface area contributed by atoms with Gasteiger partial charge in [-0.15, -0.1) is 0 Å². The number of methoxy groups -OCH3 is 1. The van der Waals surface area contributed by atoms with Crippen LogP contribution >= 0.6 is 11.6 Å². The lowest BCUT2D eigenvalue weighted by Crippen LogP contribution is -2.14. The van der Waals surface area contributed by atoms with E-state index < -0.39 is 0 Å². The maximum absolute atomic E-state index is 6.10. The van der Waals surface area contributed by atoms with Gasteiger partial charge in [0.2, 0.25) is 0 Å². The van der Waals surface area contributed by atoms with Crippen LogP contribution in [0, 0.1) is 0 Å². The van der Waals surface area contributed by atoms with Gasteiger partial charge in [-0.2, -0.15) is 0 Å². The fraction of sp³-hybridized carbons (Fsp3) is 0.562. The molecule has 1 aromatic carbocycles. The lowest BCUT2D eigenvalue weighted by Gasteiger charge is -2.22. The quantitative estimate of drug-likeness (QED) is 0.836. The Hall–Kier alpha value is -1.06. The number of halogens is 1. The van der Waals surface area contributed by atoms with Crippen molar-refractivity contribution in [1.29, 1.82) is 0 Å². The van der Waals surface area contributed by atoms with Gasteiger partial charge in [-0.05, 0) is 31.0 Å². The largest absolute Gasteiger partial charge is 0.383 e. The Morgan fingerprint density at radius 3 is 2.85 bits per heavy atom. The number of benzene rings is 1. The minimum absolute atomic E-state index is 0.590. The van der Waals surface area contributed by atoms with Gasteiger partial charge in [-0.1, -0.05) is 30.9 Å². The predicted octanol–water partition coefficient (Wildman–Crippen LogP) is 4.38. The molecule has 0 unspecified atom stereocenters. The molecule has 1 aromatic heterocycles. The van der Waals surface area contributed by atoms with E-state index in [9.17, 15) is 0 Å². The van der Waals surface area contributed by atoms with Crippen LogP contribution in [0.3, 0.4) is 0 Å². The summed E-state index contributed by atoms with van der Waals surface area (Å²) in [6.45, 7) is 1.58. The zero-order chi connectivity index (χ0) is 13.9. The molecular weight excluding hydrogens is 272 g/mol. The van der Waals surface area contributed by atoms with Gasteiger partial charge in [0.15, 0.2) is 0 Å². The zero-order valence-corrected chi connectivity index (χ0v) is 12.7. The van der Waals surface area contributed by atoms with E-state index in [2.05, 4.69) is 10.6 Å². The van der Waals surface area contributed by atoms with E-state index in [1.54, 1.807) is 7.11 Å². The highest BCUT2D eigenvalue weighted by Crippen LogP contribution is 2.34. The highest BCUT2D eigenvalue weighted by molar-refractivity contribution is 6.31. The van der Waals surface area contributed by atoms with Crippen LogP contribution in [0.2, 0.25) is 5.02 Å². The van der Waals surface area contributed by atoms with Gasteiger partial charge < -0.3 is 9.30 Å². The van der Waals surface area contributed by atoms with Crippen molar-refractivity contribution in [2.24, 2.45) is 0 Å². The maximum atomic E-state index is 6.10. The van der Waals surface area contributed by atoms with E-state index in [0.29, 0.717) is 12.5 Å². The Kier molecular flexibility index (Phi) is 4.27. The fourth-order valence-corrected chi connectivity index (χ4v) is 3.38. The van der Waals surface area contributed by atoms with Gasteiger partial charge in [-0.25, -0.2) is 4.98 Å². The number of hydrogen-bond donors (Lipinski definition) is 0. The third-order valence-corrected chi connectivity index (χ3v) is 4.46. The molecule has 0 amide bonds. The summed E-state index contributed by atoms with van der Waals surface area (Å²) < 4.78 is 7.58. The topological polar surface area (TPSA) is 27.1 Å². The molecule has 20 heavy (non-hydrogen) atoms. The van der Waals surface area contributed by atoms with Gasteiger partial charge in [0.25, 0.3) is 0 Å². The second kappa shape index (κ2) is 6.15. The average Bonchev–Trinajstić information content (AvgIpc) is 2.83. The molecule has 1 heterocycles. The summed E-state index contributed by atoms with van der Waals surface area (Å²) in [7, 11) is 1.75. The van der Waals surface area contributed by atoms with Gasteiger partial charge in [0, 0.05) is 24.6 Å². The second-order valence-corrected chi connectivity index (χ2v) is 6.02. The van der Waals surface area contributed by atoms with Crippen molar-refractivity contribution in [3.8, 4) is 0 Å². The SMILES string of the molecule is COCCn1c(C2CCCCC2)nc2cc(Cl)ccc21. The lowest BCUT2D eigenvalue weighted by molar-refractivity contribution is 0.186. The van der Waals surface area contributed by atoms with Gasteiger partial charge in [0.1, 0.15) is 5.82 Å². The van der Waals surface area contributed by atoms with Crippen LogP contribution in [0.4, 0.5) is 0 Å². The van der Waals surface area contributed by atoms with Crippen molar-refractivity contribution >= 4 is 22.6 Å². The number of ether oxygens (including phenoxy) is 1. The van der Waals surface area contributed by atoms with Crippen molar-refractivity contribution in [2.75, 3.05) is 13.7 Å². The van der Waals surface area contributed by atoms with Crippen LogP contribution in [-0.4, -0.2) is 23.3 Å². The molecule has 0 bridgehead atoms. The van der Waals surface area contributed by atoms with Crippen LogP contribution in [0.25, 0.3) is 11.0 Å². The highest BCUT2D eigenvalue weighted by atomic mass is 35.5. The molecule has 0 aliphatic heterocycles. The average molecular weight is 293 g/mol.